The largest absolute Gasteiger partial charge is 0.370 e. The standard InChI is InChI=1S/C14H20ClN3.HI/c15-13-7-5-6-12(10-13)11-17-14(16)18-8-3-1-2-4-9-18;/h5-7,10H,1-4,8-9,11H2,(H2,16,17);1H. The molecule has 1 aromatic carbocycles. The van der Waals surface area contributed by atoms with Crippen LogP contribution in [0.15, 0.2) is 29.3 Å². The summed E-state index contributed by atoms with van der Waals surface area (Å²) < 4.78 is 0. The van der Waals surface area contributed by atoms with Crippen LogP contribution in [0.1, 0.15) is 31.2 Å². The van der Waals surface area contributed by atoms with Crippen LogP contribution in [0.3, 0.4) is 0 Å². The van der Waals surface area contributed by atoms with Gasteiger partial charge in [-0.05, 0) is 30.5 Å². The molecule has 0 aromatic heterocycles. The molecule has 19 heavy (non-hydrogen) atoms. The average Bonchev–Trinajstić information content (AvgIpc) is 2.65. The van der Waals surface area contributed by atoms with Crippen molar-refractivity contribution < 1.29 is 0 Å². The molecule has 1 aliphatic heterocycles. The number of aliphatic imine (C=N–C) groups is 1. The molecule has 0 saturated carbocycles. The Morgan fingerprint density at radius 2 is 1.89 bits per heavy atom. The number of hydrogen-bond donors (Lipinski definition) is 1. The third-order valence-electron chi connectivity index (χ3n) is 3.24. The molecule has 0 aliphatic carbocycles. The number of nitrogens with zero attached hydrogens (tertiary/aromatic N) is 2. The van der Waals surface area contributed by atoms with E-state index in [1.165, 1.54) is 25.7 Å². The third kappa shape index (κ3) is 5.57. The van der Waals surface area contributed by atoms with Crippen molar-refractivity contribution in [2.24, 2.45) is 10.7 Å². The molecule has 2 N–H and O–H groups in total. The van der Waals surface area contributed by atoms with Gasteiger partial charge in [0, 0.05) is 18.1 Å². The van der Waals surface area contributed by atoms with E-state index in [9.17, 15) is 0 Å². The zero-order valence-electron chi connectivity index (χ0n) is 11.0. The highest BCUT2D eigenvalue weighted by molar-refractivity contribution is 14.0. The van der Waals surface area contributed by atoms with Gasteiger partial charge >= 0.3 is 0 Å². The van der Waals surface area contributed by atoms with Gasteiger partial charge in [0.05, 0.1) is 6.54 Å². The minimum absolute atomic E-state index is 0. The molecule has 0 amide bonds. The van der Waals surface area contributed by atoms with Gasteiger partial charge in [-0.25, -0.2) is 4.99 Å². The fourth-order valence-electron chi connectivity index (χ4n) is 2.21. The first kappa shape index (κ1) is 16.6. The summed E-state index contributed by atoms with van der Waals surface area (Å²) in [5.41, 5.74) is 7.14. The predicted octanol–water partition coefficient (Wildman–Crippen LogP) is 3.65. The Morgan fingerprint density at radius 1 is 1.21 bits per heavy atom. The van der Waals surface area contributed by atoms with Crippen LogP contribution < -0.4 is 5.73 Å². The molecule has 1 aromatic rings. The van der Waals surface area contributed by atoms with E-state index < -0.39 is 0 Å². The molecule has 0 spiro atoms. The predicted molar refractivity (Wildman–Crippen MR) is 92.2 cm³/mol. The van der Waals surface area contributed by atoms with Crippen LogP contribution in [0.2, 0.25) is 5.02 Å². The second-order valence-corrected chi connectivity index (χ2v) is 5.14. The zero-order valence-corrected chi connectivity index (χ0v) is 14.1. The van der Waals surface area contributed by atoms with Gasteiger partial charge in [-0.1, -0.05) is 36.6 Å². The van der Waals surface area contributed by atoms with Gasteiger partial charge in [0.25, 0.3) is 0 Å². The Kier molecular flexibility index (Phi) is 7.53. The van der Waals surface area contributed by atoms with E-state index >= 15 is 0 Å². The number of rotatable bonds is 2. The number of hydrogen-bond acceptors (Lipinski definition) is 1. The van der Waals surface area contributed by atoms with Crippen molar-refractivity contribution in [3.05, 3.63) is 34.9 Å². The average molecular weight is 394 g/mol. The summed E-state index contributed by atoms with van der Waals surface area (Å²) in [5.74, 6) is 0.664. The normalized spacial score (nSPS) is 16.7. The number of likely N-dealkylation sites (tertiary alicyclic amines) is 1. The van der Waals surface area contributed by atoms with Crippen molar-refractivity contribution in [2.75, 3.05) is 13.1 Å². The van der Waals surface area contributed by atoms with Crippen LogP contribution in [0, 0.1) is 0 Å². The maximum absolute atomic E-state index is 6.05. The lowest BCUT2D eigenvalue weighted by Crippen LogP contribution is -2.38. The molecule has 1 aliphatic rings. The van der Waals surface area contributed by atoms with Gasteiger partial charge < -0.3 is 10.6 Å². The number of guanidine groups is 1. The van der Waals surface area contributed by atoms with E-state index in [1.54, 1.807) is 0 Å². The second kappa shape index (κ2) is 8.64. The molecule has 106 valence electrons. The lowest BCUT2D eigenvalue weighted by Gasteiger charge is -2.21. The summed E-state index contributed by atoms with van der Waals surface area (Å²) in [7, 11) is 0. The Hall–Kier alpha value is -0.490. The molecule has 1 fully saturated rings. The Bertz CT molecular complexity index is 415. The molecule has 0 atom stereocenters. The first-order chi connectivity index (χ1) is 8.75. The van der Waals surface area contributed by atoms with Crippen LogP contribution in [0.4, 0.5) is 0 Å². The van der Waals surface area contributed by atoms with Gasteiger partial charge in [0.2, 0.25) is 0 Å². The minimum Gasteiger partial charge on any atom is -0.370 e. The molecule has 1 saturated heterocycles. The molecule has 1 heterocycles. The van der Waals surface area contributed by atoms with E-state index in [4.69, 9.17) is 17.3 Å². The summed E-state index contributed by atoms with van der Waals surface area (Å²) in [6, 6.07) is 7.76. The summed E-state index contributed by atoms with van der Waals surface area (Å²) in [4.78, 5) is 6.65. The number of nitrogens with two attached hydrogens (primary N) is 1. The van der Waals surface area contributed by atoms with Crippen molar-refractivity contribution in [3.63, 3.8) is 0 Å². The smallest absolute Gasteiger partial charge is 0.191 e. The lowest BCUT2D eigenvalue weighted by molar-refractivity contribution is 0.428. The highest BCUT2D eigenvalue weighted by atomic mass is 127. The maximum Gasteiger partial charge on any atom is 0.191 e. The zero-order chi connectivity index (χ0) is 12.8. The van der Waals surface area contributed by atoms with Crippen molar-refractivity contribution in [2.45, 2.75) is 32.2 Å². The monoisotopic (exact) mass is 393 g/mol. The van der Waals surface area contributed by atoms with Crippen molar-refractivity contribution in [1.29, 1.82) is 0 Å². The fourth-order valence-corrected chi connectivity index (χ4v) is 2.42. The van der Waals surface area contributed by atoms with Gasteiger partial charge in [-0.15, -0.1) is 24.0 Å². The maximum atomic E-state index is 6.05. The molecule has 5 heteroatoms. The van der Waals surface area contributed by atoms with Gasteiger partial charge in [0.1, 0.15) is 0 Å². The van der Waals surface area contributed by atoms with E-state index in [0.717, 1.165) is 23.7 Å². The van der Waals surface area contributed by atoms with E-state index in [-0.39, 0.29) is 24.0 Å². The second-order valence-electron chi connectivity index (χ2n) is 4.71. The Balaban J connectivity index is 0.00000180. The topological polar surface area (TPSA) is 41.6 Å². The van der Waals surface area contributed by atoms with Gasteiger partial charge in [-0.2, -0.15) is 0 Å². The molecule has 3 nitrogen and oxygen atoms in total. The van der Waals surface area contributed by atoms with Crippen LogP contribution in [-0.4, -0.2) is 23.9 Å². The molecule has 0 radical (unpaired) electrons. The fraction of sp³-hybridized carbons (Fsp3) is 0.500. The van der Waals surface area contributed by atoms with E-state index in [1.807, 2.05) is 24.3 Å². The SMILES string of the molecule is I.NC(=NCc1cccc(Cl)c1)N1CCCCCC1. The highest BCUT2D eigenvalue weighted by Gasteiger charge is 2.10. The molecule has 2 rings (SSSR count). The molecular weight excluding hydrogens is 373 g/mol. The first-order valence-electron chi connectivity index (χ1n) is 6.55. The molecule has 0 bridgehead atoms. The quantitative estimate of drug-likeness (QED) is 0.473. The number of halogens is 2. The summed E-state index contributed by atoms with van der Waals surface area (Å²) in [6.07, 6.45) is 5.04. The highest BCUT2D eigenvalue weighted by Crippen LogP contribution is 2.12. The van der Waals surface area contributed by atoms with Crippen LogP contribution >= 0.6 is 35.6 Å². The van der Waals surface area contributed by atoms with Crippen LogP contribution in [0.25, 0.3) is 0 Å². The first-order valence-corrected chi connectivity index (χ1v) is 6.93. The van der Waals surface area contributed by atoms with Gasteiger partial charge in [0.15, 0.2) is 5.96 Å². The summed E-state index contributed by atoms with van der Waals surface area (Å²) >= 11 is 5.94. The third-order valence-corrected chi connectivity index (χ3v) is 3.48. The summed E-state index contributed by atoms with van der Waals surface area (Å²) in [5, 5.41) is 0.746. The van der Waals surface area contributed by atoms with E-state index in [2.05, 4.69) is 9.89 Å². The Morgan fingerprint density at radius 3 is 2.53 bits per heavy atom. The molecule has 0 unspecified atom stereocenters. The number of benzene rings is 1. The van der Waals surface area contributed by atoms with E-state index in [0.29, 0.717) is 12.5 Å². The van der Waals surface area contributed by atoms with Gasteiger partial charge in [-0.3, -0.25) is 0 Å². The summed E-state index contributed by atoms with van der Waals surface area (Å²) in [6.45, 7) is 2.67. The molecular formula is C14H21ClIN3. The van der Waals surface area contributed by atoms with Crippen LogP contribution in [-0.2, 0) is 6.54 Å². The van der Waals surface area contributed by atoms with Crippen molar-refractivity contribution in [1.82, 2.24) is 4.90 Å². The van der Waals surface area contributed by atoms with Crippen LogP contribution in [0.5, 0.6) is 0 Å². The Labute approximate surface area is 137 Å². The lowest BCUT2D eigenvalue weighted by atomic mass is 10.2. The minimum atomic E-state index is 0. The van der Waals surface area contributed by atoms with Crippen molar-refractivity contribution >= 4 is 41.5 Å². The van der Waals surface area contributed by atoms with Crippen molar-refractivity contribution in [3.8, 4) is 0 Å².